The van der Waals surface area contributed by atoms with Crippen molar-refractivity contribution in [3.05, 3.63) is 12.2 Å². The van der Waals surface area contributed by atoms with E-state index in [2.05, 4.69) is 13.8 Å². The highest BCUT2D eigenvalue weighted by atomic mass is 16.4. The molecule has 0 bridgehead atoms. The predicted octanol–water partition coefficient (Wildman–Crippen LogP) is 4.49. The van der Waals surface area contributed by atoms with E-state index in [9.17, 15) is 14.7 Å². The van der Waals surface area contributed by atoms with Crippen molar-refractivity contribution in [3.8, 4) is 0 Å². The smallest absolute Gasteiger partial charge is 0.307 e. The number of allylic oxidation sites excluding steroid dienone is 2. The van der Waals surface area contributed by atoms with Crippen LogP contribution in [0.4, 0.5) is 0 Å². The largest absolute Gasteiger partial charge is 0.481 e. The van der Waals surface area contributed by atoms with Crippen LogP contribution < -0.4 is 0 Å². The van der Waals surface area contributed by atoms with Crippen LogP contribution >= 0.6 is 0 Å². The highest BCUT2D eigenvalue weighted by Crippen LogP contribution is 2.25. The van der Waals surface area contributed by atoms with Crippen molar-refractivity contribution in [1.29, 1.82) is 0 Å². The number of rotatable bonds is 13. The summed E-state index contributed by atoms with van der Waals surface area (Å²) in [4.78, 5) is 22.2. The molecule has 21 heavy (non-hydrogen) atoms. The third kappa shape index (κ3) is 10.1. The Kier molecular flexibility index (Phi) is 11.6. The first-order valence-corrected chi connectivity index (χ1v) is 8.14. The van der Waals surface area contributed by atoms with Crippen molar-refractivity contribution in [3.63, 3.8) is 0 Å². The Balaban J connectivity index is 4.66. The molecule has 0 aliphatic carbocycles. The predicted molar refractivity (Wildman–Crippen MR) is 84.3 cm³/mol. The van der Waals surface area contributed by atoms with Crippen LogP contribution in [0.3, 0.4) is 0 Å². The SMILES string of the molecule is CCCCC=CC(CCCCCC)C(CC(=O)O)C(=O)O. The quantitative estimate of drug-likeness (QED) is 0.388. The van der Waals surface area contributed by atoms with Crippen LogP contribution in [0.2, 0.25) is 0 Å². The zero-order valence-corrected chi connectivity index (χ0v) is 13.4. The molecule has 0 aliphatic heterocycles. The van der Waals surface area contributed by atoms with E-state index in [0.29, 0.717) is 0 Å². The summed E-state index contributed by atoms with van der Waals surface area (Å²) in [5.41, 5.74) is 0. The lowest BCUT2D eigenvalue weighted by Gasteiger charge is -2.19. The van der Waals surface area contributed by atoms with Gasteiger partial charge in [-0.15, -0.1) is 0 Å². The number of aliphatic carboxylic acids is 2. The van der Waals surface area contributed by atoms with Crippen LogP contribution in [0.25, 0.3) is 0 Å². The van der Waals surface area contributed by atoms with Crippen LogP contribution in [-0.4, -0.2) is 22.2 Å². The molecule has 0 rings (SSSR count). The lowest BCUT2D eigenvalue weighted by atomic mass is 9.84. The molecule has 0 amide bonds. The highest BCUT2D eigenvalue weighted by molar-refractivity contribution is 5.78. The summed E-state index contributed by atoms with van der Waals surface area (Å²) in [5.74, 6) is -3.03. The molecule has 0 fully saturated rings. The standard InChI is InChI=1S/C17H30O4/c1-3-5-7-9-11-14(12-10-8-6-4-2)15(17(20)21)13-16(18)19/h9,11,14-15H,3-8,10,12-13H2,1-2H3,(H,18,19)(H,20,21). The molecule has 0 saturated carbocycles. The Bertz CT molecular complexity index is 323. The molecule has 4 nitrogen and oxygen atoms in total. The minimum atomic E-state index is -1.04. The van der Waals surface area contributed by atoms with Crippen LogP contribution in [0.5, 0.6) is 0 Å². The summed E-state index contributed by atoms with van der Waals surface area (Å²) in [6.45, 7) is 4.24. The van der Waals surface area contributed by atoms with Crippen molar-refractivity contribution in [2.45, 2.75) is 71.6 Å². The molecule has 0 aliphatic rings. The minimum absolute atomic E-state index is 0.174. The number of carboxylic acid groups (broad SMARTS) is 2. The minimum Gasteiger partial charge on any atom is -0.481 e. The molecule has 0 heterocycles. The van der Waals surface area contributed by atoms with Gasteiger partial charge >= 0.3 is 11.9 Å². The van der Waals surface area contributed by atoms with E-state index in [-0.39, 0.29) is 12.3 Å². The Morgan fingerprint density at radius 1 is 1.00 bits per heavy atom. The van der Waals surface area contributed by atoms with Crippen molar-refractivity contribution in [2.75, 3.05) is 0 Å². The average Bonchev–Trinajstić information content (AvgIpc) is 2.43. The van der Waals surface area contributed by atoms with E-state index in [1.54, 1.807) is 0 Å². The van der Waals surface area contributed by atoms with Gasteiger partial charge in [0.05, 0.1) is 12.3 Å². The Labute approximate surface area is 128 Å². The Hall–Kier alpha value is -1.32. The molecule has 2 atom stereocenters. The Morgan fingerprint density at radius 2 is 1.67 bits per heavy atom. The maximum absolute atomic E-state index is 11.4. The molecular weight excluding hydrogens is 268 g/mol. The van der Waals surface area contributed by atoms with Crippen LogP contribution in [0.15, 0.2) is 12.2 Å². The fraction of sp³-hybridized carbons (Fsp3) is 0.765. The lowest BCUT2D eigenvalue weighted by Crippen LogP contribution is -2.25. The second-order valence-corrected chi connectivity index (χ2v) is 5.63. The number of unbranched alkanes of at least 4 members (excludes halogenated alkanes) is 5. The summed E-state index contributed by atoms with van der Waals surface area (Å²) >= 11 is 0. The first kappa shape index (κ1) is 19.7. The summed E-state index contributed by atoms with van der Waals surface area (Å²) in [6.07, 6.45) is 11.8. The van der Waals surface area contributed by atoms with Crippen LogP contribution in [-0.2, 0) is 9.59 Å². The zero-order valence-electron chi connectivity index (χ0n) is 13.4. The van der Waals surface area contributed by atoms with Gasteiger partial charge < -0.3 is 10.2 Å². The van der Waals surface area contributed by atoms with Gasteiger partial charge in [0.2, 0.25) is 0 Å². The fourth-order valence-electron chi connectivity index (χ4n) is 2.44. The summed E-state index contributed by atoms with van der Waals surface area (Å²) in [6, 6.07) is 0. The van der Waals surface area contributed by atoms with Gasteiger partial charge in [-0.25, -0.2) is 0 Å². The molecule has 122 valence electrons. The first-order chi connectivity index (χ1) is 10.0. The zero-order chi connectivity index (χ0) is 16.1. The van der Waals surface area contributed by atoms with E-state index in [1.165, 1.54) is 0 Å². The maximum atomic E-state index is 11.4. The van der Waals surface area contributed by atoms with E-state index in [1.807, 2.05) is 12.2 Å². The molecule has 2 unspecified atom stereocenters. The molecule has 0 aromatic carbocycles. The highest BCUT2D eigenvalue weighted by Gasteiger charge is 2.28. The summed E-state index contributed by atoms with van der Waals surface area (Å²) in [7, 11) is 0. The van der Waals surface area contributed by atoms with E-state index >= 15 is 0 Å². The summed E-state index contributed by atoms with van der Waals surface area (Å²) < 4.78 is 0. The van der Waals surface area contributed by atoms with Gasteiger partial charge in [0.15, 0.2) is 0 Å². The van der Waals surface area contributed by atoms with E-state index in [0.717, 1.165) is 51.4 Å². The molecule has 0 radical (unpaired) electrons. The third-order valence-electron chi connectivity index (χ3n) is 3.73. The second-order valence-electron chi connectivity index (χ2n) is 5.63. The average molecular weight is 298 g/mol. The van der Waals surface area contributed by atoms with Crippen LogP contribution in [0.1, 0.15) is 71.6 Å². The van der Waals surface area contributed by atoms with Gasteiger partial charge in [0.1, 0.15) is 0 Å². The van der Waals surface area contributed by atoms with Gasteiger partial charge in [-0.3, -0.25) is 9.59 Å². The monoisotopic (exact) mass is 298 g/mol. The van der Waals surface area contributed by atoms with Gasteiger partial charge in [-0.05, 0) is 18.8 Å². The molecule has 2 N–H and O–H groups in total. The molecule has 0 aromatic rings. The van der Waals surface area contributed by atoms with Gasteiger partial charge in [0, 0.05) is 0 Å². The van der Waals surface area contributed by atoms with Crippen molar-refractivity contribution < 1.29 is 19.8 Å². The summed E-state index contributed by atoms with van der Waals surface area (Å²) in [5, 5.41) is 18.2. The number of hydrogen-bond acceptors (Lipinski definition) is 2. The number of carboxylic acids is 2. The fourth-order valence-corrected chi connectivity index (χ4v) is 2.44. The van der Waals surface area contributed by atoms with Gasteiger partial charge in [0.25, 0.3) is 0 Å². The number of hydrogen-bond donors (Lipinski definition) is 2. The maximum Gasteiger partial charge on any atom is 0.307 e. The van der Waals surface area contributed by atoms with E-state index < -0.39 is 17.9 Å². The van der Waals surface area contributed by atoms with Gasteiger partial charge in [-0.1, -0.05) is 64.5 Å². The molecule has 0 saturated heterocycles. The van der Waals surface area contributed by atoms with Gasteiger partial charge in [-0.2, -0.15) is 0 Å². The third-order valence-corrected chi connectivity index (χ3v) is 3.73. The molecule has 0 spiro atoms. The first-order valence-electron chi connectivity index (χ1n) is 8.14. The van der Waals surface area contributed by atoms with Crippen molar-refractivity contribution >= 4 is 11.9 Å². The molecule has 0 aromatic heterocycles. The topological polar surface area (TPSA) is 74.6 Å². The van der Waals surface area contributed by atoms with Crippen molar-refractivity contribution in [1.82, 2.24) is 0 Å². The number of carbonyl (C=O) groups is 2. The second kappa shape index (κ2) is 12.4. The normalized spacial score (nSPS) is 14.2. The van der Waals surface area contributed by atoms with E-state index in [4.69, 9.17) is 5.11 Å². The molecule has 4 heteroatoms. The lowest BCUT2D eigenvalue weighted by molar-refractivity contribution is -0.149. The Morgan fingerprint density at radius 3 is 2.19 bits per heavy atom. The van der Waals surface area contributed by atoms with Crippen LogP contribution in [0, 0.1) is 11.8 Å². The molecular formula is C17H30O4. The van der Waals surface area contributed by atoms with Crippen molar-refractivity contribution in [2.24, 2.45) is 11.8 Å².